The summed E-state index contributed by atoms with van der Waals surface area (Å²) in [5, 5.41) is 0.988. The van der Waals surface area contributed by atoms with Crippen molar-refractivity contribution in [3.63, 3.8) is 0 Å². The van der Waals surface area contributed by atoms with Crippen LogP contribution in [0.1, 0.15) is 64.1 Å². The average Bonchev–Trinajstić information content (AvgIpc) is 3.46. The molecule has 0 saturated heterocycles. The summed E-state index contributed by atoms with van der Waals surface area (Å²) in [6.07, 6.45) is 3.71. The van der Waals surface area contributed by atoms with Gasteiger partial charge < -0.3 is 14.0 Å². The first-order valence-electron chi connectivity index (χ1n) is 13.4. The maximum absolute atomic E-state index is 5.00. The Labute approximate surface area is 251 Å². The number of rotatable bonds is 1. The molecule has 0 aliphatic carbocycles. The third-order valence-corrected chi connectivity index (χ3v) is 7.17. The third kappa shape index (κ3) is 5.61. The zero-order valence-corrected chi connectivity index (χ0v) is 27.2. The molecule has 209 valence electrons. The predicted molar refractivity (Wildman–Crippen MR) is 161 cm³/mol. The van der Waals surface area contributed by atoms with Crippen LogP contribution in [0.2, 0.25) is 0 Å². The Kier molecular flexibility index (Phi) is 8.08. The molecule has 1 radical (unpaired) electrons. The number of nitrogens with zero attached hydrogens (tertiary/aromatic N) is 5. The maximum Gasteiger partial charge on any atom is 0.0777 e. The molecule has 40 heavy (non-hydrogen) atoms. The Hall–Kier alpha value is -3.34. The van der Waals surface area contributed by atoms with E-state index in [1.807, 2.05) is 48.1 Å². The van der Waals surface area contributed by atoms with Crippen molar-refractivity contribution in [3.8, 4) is 11.4 Å². The van der Waals surface area contributed by atoms with Gasteiger partial charge in [0.05, 0.1) is 22.5 Å². The second kappa shape index (κ2) is 10.9. The number of benzene rings is 2. The van der Waals surface area contributed by atoms with Gasteiger partial charge in [0.2, 0.25) is 0 Å². The summed E-state index contributed by atoms with van der Waals surface area (Å²) >= 11 is 0. The van der Waals surface area contributed by atoms with Gasteiger partial charge in [0.25, 0.3) is 0 Å². The summed E-state index contributed by atoms with van der Waals surface area (Å²) in [4.78, 5) is 14.2. The smallest absolute Gasteiger partial charge is 0.0777 e. The predicted octanol–water partition coefficient (Wildman–Crippen LogP) is 7.93. The molecular formula is C34H37IrN5-2. The first-order chi connectivity index (χ1) is 18.3. The first kappa shape index (κ1) is 29.6. The number of aromatic nitrogens is 5. The fourth-order valence-corrected chi connectivity index (χ4v) is 4.75. The van der Waals surface area contributed by atoms with Crippen molar-refractivity contribution in [2.45, 2.75) is 66.2 Å². The van der Waals surface area contributed by atoms with Gasteiger partial charge >= 0.3 is 0 Å². The standard InChI is InChI=1S/C24H28N3.C10H9N2.Ir/c1-14-11-18-19(12-15(14)2)27-21(24(6,7)8)13-17-16(22(27)26-18)9-10-20(25-17)23(3,4)5;1-12-8-7-11-10(12)9-5-3-2-4-6-9;/h10-13H,1-8H3;2-5,7-8H,1H3;/q2*-1;. The fraction of sp³-hybridized carbons (Fsp3) is 0.324. The number of imidazole rings is 2. The zero-order valence-electron chi connectivity index (χ0n) is 24.8. The van der Waals surface area contributed by atoms with E-state index in [1.165, 1.54) is 16.8 Å². The van der Waals surface area contributed by atoms with Gasteiger partial charge in [0.1, 0.15) is 0 Å². The molecule has 0 amide bonds. The maximum atomic E-state index is 5.00. The molecule has 0 unspecified atom stereocenters. The van der Waals surface area contributed by atoms with Crippen LogP contribution in [-0.4, -0.2) is 23.9 Å². The molecule has 2 aromatic carbocycles. The molecule has 6 heteroatoms. The monoisotopic (exact) mass is 708 g/mol. The second-order valence-corrected chi connectivity index (χ2v) is 12.4. The summed E-state index contributed by atoms with van der Waals surface area (Å²) < 4.78 is 4.28. The summed E-state index contributed by atoms with van der Waals surface area (Å²) in [6.45, 7) is 17.6. The summed E-state index contributed by atoms with van der Waals surface area (Å²) in [7, 11) is 1.98. The molecule has 0 aliphatic heterocycles. The van der Waals surface area contributed by atoms with E-state index >= 15 is 0 Å². The van der Waals surface area contributed by atoms with Gasteiger partial charge in [-0.2, -0.15) is 0 Å². The van der Waals surface area contributed by atoms with Crippen molar-refractivity contribution < 1.29 is 20.1 Å². The zero-order chi connectivity index (χ0) is 28.1. The summed E-state index contributed by atoms with van der Waals surface area (Å²) in [6, 6.07) is 23.1. The topological polar surface area (TPSA) is 48.0 Å². The van der Waals surface area contributed by atoms with Crippen LogP contribution in [0.5, 0.6) is 0 Å². The van der Waals surface area contributed by atoms with Gasteiger partial charge in [0.15, 0.2) is 0 Å². The molecule has 5 nitrogen and oxygen atoms in total. The Morgan fingerprint density at radius 2 is 1.55 bits per heavy atom. The fourth-order valence-electron chi connectivity index (χ4n) is 4.75. The van der Waals surface area contributed by atoms with E-state index in [1.54, 1.807) is 6.20 Å². The largest absolute Gasteiger partial charge is 0.373 e. The minimum Gasteiger partial charge on any atom is -0.373 e. The molecule has 0 atom stereocenters. The molecule has 0 fully saturated rings. The van der Waals surface area contributed by atoms with Gasteiger partial charge in [-0.3, -0.25) is 9.97 Å². The van der Waals surface area contributed by atoms with Crippen molar-refractivity contribution in [1.29, 1.82) is 0 Å². The van der Waals surface area contributed by atoms with Crippen LogP contribution in [0.3, 0.4) is 0 Å². The van der Waals surface area contributed by atoms with E-state index < -0.39 is 0 Å². The van der Waals surface area contributed by atoms with Crippen LogP contribution in [0, 0.1) is 26.0 Å². The van der Waals surface area contributed by atoms with Crippen molar-refractivity contribution in [3.05, 3.63) is 95.6 Å². The molecule has 6 aromatic rings. The first-order valence-corrected chi connectivity index (χ1v) is 13.4. The minimum absolute atomic E-state index is 0. The van der Waals surface area contributed by atoms with Gasteiger partial charge in [0, 0.05) is 50.7 Å². The summed E-state index contributed by atoms with van der Waals surface area (Å²) in [5.41, 5.74) is 9.95. The Morgan fingerprint density at radius 3 is 2.15 bits per heavy atom. The van der Waals surface area contributed by atoms with Gasteiger partial charge in [-0.15, -0.1) is 48.0 Å². The van der Waals surface area contributed by atoms with Crippen molar-refractivity contribution in [2.24, 2.45) is 7.05 Å². The molecule has 0 N–H and O–H groups in total. The SMILES string of the molecule is Cc1cc2nc3c4[c-]cc(C(C)(C)C)nc4cc(C(C)(C)C)n3c2cc1C.Cn1ccnc1-c1[c-]cccc1.[Ir]. The Morgan fingerprint density at radius 1 is 0.825 bits per heavy atom. The van der Waals surface area contributed by atoms with E-state index in [9.17, 15) is 0 Å². The Balaban J connectivity index is 0.000000238. The number of hydrogen-bond acceptors (Lipinski definition) is 3. The van der Waals surface area contributed by atoms with E-state index in [2.05, 4.69) is 95.1 Å². The molecule has 0 aliphatic rings. The van der Waals surface area contributed by atoms with E-state index in [0.29, 0.717) is 0 Å². The van der Waals surface area contributed by atoms with Crippen LogP contribution in [0.25, 0.3) is 39.0 Å². The number of fused-ring (bicyclic) bond motifs is 5. The molecule has 4 aromatic heterocycles. The second-order valence-electron chi connectivity index (χ2n) is 12.4. The van der Waals surface area contributed by atoms with Crippen molar-refractivity contribution in [1.82, 2.24) is 23.9 Å². The van der Waals surface area contributed by atoms with Crippen LogP contribution in [0.4, 0.5) is 0 Å². The Bertz CT molecular complexity index is 1800. The van der Waals surface area contributed by atoms with Crippen molar-refractivity contribution in [2.75, 3.05) is 0 Å². The number of hydrogen-bond donors (Lipinski definition) is 0. The molecule has 0 bridgehead atoms. The summed E-state index contributed by atoms with van der Waals surface area (Å²) in [5.74, 6) is 0.954. The van der Waals surface area contributed by atoms with Gasteiger partial charge in [-0.05, 0) is 53.7 Å². The van der Waals surface area contributed by atoms with Crippen LogP contribution >= 0.6 is 0 Å². The van der Waals surface area contributed by atoms with Crippen LogP contribution in [0.15, 0.2) is 60.9 Å². The minimum atomic E-state index is -0.0295. The third-order valence-electron chi connectivity index (χ3n) is 7.17. The average molecular weight is 708 g/mol. The molecule has 6 rings (SSSR count). The van der Waals surface area contributed by atoms with Crippen LogP contribution < -0.4 is 0 Å². The van der Waals surface area contributed by atoms with E-state index in [4.69, 9.17) is 9.97 Å². The van der Waals surface area contributed by atoms with Gasteiger partial charge in [-0.1, -0.05) is 53.0 Å². The number of pyridine rings is 2. The molecular weight excluding hydrogens is 671 g/mol. The molecule has 0 saturated carbocycles. The normalized spacial score (nSPS) is 11.9. The van der Waals surface area contributed by atoms with Crippen molar-refractivity contribution >= 4 is 27.6 Å². The molecule has 0 spiro atoms. The molecule has 4 heterocycles. The van der Waals surface area contributed by atoms with E-state index in [0.717, 1.165) is 44.7 Å². The number of aryl methyl sites for hydroxylation is 3. The quantitative estimate of drug-likeness (QED) is 0.163. The van der Waals surface area contributed by atoms with Crippen LogP contribution in [-0.2, 0) is 38.0 Å². The van der Waals surface area contributed by atoms with Gasteiger partial charge in [-0.25, -0.2) is 0 Å². The van der Waals surface area contributed by atoms with E-state index in [-0.39, 0.29) is 30.9 Å².